The van der Waals surface area contributed by atoms with E-state index in [1.54, 1.807) is 0 Å². The van der Waals surface area contributed by atoms with Gasteiger partial charge in [-0.3, -0.25) is 0 Å². The molecule has 1 aliphatic carbocycles. The summed E-state index contributed by atoms with van der Waals surface area (Å²) in [5.74, 6) is 1.59. The number of fused-ring (bicyclic) bond motifs is 1. The molecule has 0 aliphatic heterocycles. The largest absolute Gasteiger partial charge is 0.364 e. The van der Waals surface area contributed by atoms with Crippen LogP contribution in [0.2, 0.25) is 0 Å². The standard InChI is InChI=1S/C24H25N5/c1-17-27-23(22-24(28-17)29(16-26-22)21-9-5-6-10-21)25-15-18-11-13-20(14-12-18)19-7-3-2-4-8-19/h2-4,7-8,11-14,16,21H,5-6,9-10,15H2,1H3,(H,25,27,28). The second-order valence-corrected chi connectivity index (χ2v) is 7.80. The van der Waals surface area contributed by atoms with E-state index >= 15 is 0 Å². The highest BCUT2D eigenvalue weighted by atomic mass is 15.2. The quantitative estimate of drug-likeness (QED) is 0.492. The average molecular weight is 383 g/mol. The molecule has 2 aromatic carbocycles. The van der Waals surface area contributed by atoms with E-state index in [-0.39, 0.29) is 0 Å². The number of hydrogen-bond acceptors (Lipinski definition) is 4. The summed E-state index contributed by atoms with van der Waals surface area (Å²) in [5.41, 5.74) is 5.49. The molecule has 4 aromatic rings. The van der Waals surface area contributed by atoms with Crippen molar-refractivity contribution in [3.8, 4) is 11.1 Å². The van der Waals surface area contributed by atoms with Gasteiger partial charge >= 0.3 is 0 Å². The van der Waals surface area contributed by atoms with E-state index in [0.717, 1.165) is 22.8 Å². The van der Waals surface area contributed by atoms with Crippen LogP contribution in [0.3, 0.4) is 0 Å². The SMILES string of the molecule is Cc1nc(NCc2ccc(-c3ccccc3)cc2)c2ncn(C3CCCC3)c2n1. The van der Waals surface area contributed by atoms with Crippen molar-refractivity contribution in [2.45, 2.75) is 45.2 Å². The van der Waals surface area contributed by atoms with Crippen molar-refractivity contribution in [2.24, 2.45) is 0 Å². The van der Waals surface area contributed by atoms with Gasteiger partial charge in [0.05, 0.1) is 6.33 Å². The first-order valence-corrected chi connectivity index (χ1v) is 10.4. The normalized spacial score (nSPS) is 14.5. The van der Waals surface area contributed by atoms with Crippen molar-refractivity contribution in [1.82, 2.24) is 19.5 Å². The molecule has 5 heteroatoms. The topological polar surface area (TPSA) is 55.6 Å². The van der Waals surface area contributed by atoms with E-state index in [0.29, 0.717) is 12.6 Å². The second-order valence-electron chi connectivity index (χ2n) is 7.80. The summed E-state index contributed by atoms with van der Waals surface area (Å²) in [4.78, 5) is 14.0. The highest BCUT2D eigenvalue weighted by molar-refractivity contribution is 5.83. The first-order chi connectivity index (χ1) is 14.3. The molecule has 0 atom stereocenters. The molecule has 1 N–H and O–H groups in total. The Hall–Kier alpha value is -3.21. The fourth-order valence-electron chi connectivity index (χ4n) is 4.23. The number of hydrogen-bond donors (Lipinski definition) is 1. The maximum atomic E-state index is 4.69. The van der Waals surface area contributed by atoms with Crippen molar-refractivity contribution >= 4 is 17.0 Å². The minimum atomic E-state index is 0.521. The maximum Gasteiger partial charge on any atom is 0.166 e. The Bertz CT molecular complexity index is 1110. The summed E-state index contributed by atoms with van der Waals surface area (Å²) >= 11 is 0. The van der Waals surface area contributed by atoms with Gasteiger partial charge in [-0.2, -0.15) is 0 Å². The molecule has 0 spiro atoms. The van der Waals surface area contributed by atoms with Crippen LogP contribution < -0.4 is 5.32 Å². The molecule has 29 heavy (non-hydrogen) atoms. The van der Waals surface area contributed by atoms with Crippen LogP contribution in [0, 0.1) is 6.92 Å². The average Bonchev–Trinajstić information content (AvgIpc) is 3.43. The van der Waals surface area contributed by atoms with Crippen LogP contribution in [0.4, 0.5) is 5.82 Å². The van der Waals surface area contributed by atoms with E-state index in [1.165, 1.54) is 42.4 Å². The summed E-state index contributed by atoms with van der Waals surface area (Å²) in [7, 11) is 0. The van der Waals surface area contributed by atoms with Crippen LogP contribution >= 0.6 is 0 Å². The Morgan fingerprint density at radius 3 is 2.41 bits per heavy atom. The molecular weight excluding hydrogens is 358 g/mol. The Kier molecular flexibility index (Phi) is 4.72. The lowest BCUT2D eigenvalue weighted by Gasteiger charge is -2.12. The number of benzene rings is 2. The van der Waals surface area contributed by atoms with Gasteiger partial charge in [0.25, 0.3) is 0 Å². The minimum absolute atomic E-state index is 0.521. The molecule has 0 amide bonds. The zero-order valence-electron chi connectivity index (χ0n) is 16.7. The Labute approximate surface area is 170 Å². The van der Waals surface area contributed by atoms with Gasteiger partial charge in [-0.15, -0.1) is 0 Å². The smallest absolute Gasteiger partial charge is 0.166 e. The van der Waals surface area contributed by atoms with Gasteiger partial charge in [0.1, 0.15) is 11.3 Å². The summed E-state index contributed by atoms with van der Waals surface area (Å²) in [6.07, 6.45) is 6.95. The summed E-state index contributed by atoms with van der Waals surface area (Å²) in [5, 5.41) is 3.48. The molecule has 1 saturated carbocycles. The highest BCUT2D eigenvalue weighted by Crippen LogP contribution is 2.32. The molecule has 0 unspecified atom stereocenters. The predicted molar refractivity (Wildman–Crippen MR) is 117 cm³/mol. The second kappa shape index (κ2) is 7.66. The minimum Gasteiger partial charge on any atom is -0.364 e. The number of imidazole rings is 1. The van der Waals surface area contributed by atoms with Crippen molar-refractivity contribution in [3.05, 3.63) is 72.3 Å². The number of rotatable bonds is 5. The molecule has 5 nitrogen and oxygen atoms in total. The molecule has 0 bridgehead atoms. The first-order valence-electron chi connectivity index (χ1n) is 10.4. The third-order valence-corrected chi connectivity index (χ3v) is 5.77. The number of aryl methyl sites for hydroxylation is 1. The molecule has 1 aliphatic rings. The van der Waals surface area contributed by atoms with Gasteiger partial charge < -0.3 is 9.88 Å². The molecule has 5 rings (SSSR count). The van der Waals surface area contributed by atoms with E-state index in [1.807, 2.05) is 19.3 Å². The fourth-order valence-corrected chi connectivity index (χ4v) is 4.23. The third-order valence-electron chi connectivity index (χ3n) is 5.77. The van der Waals surface area contributed by atoms with Crippen LogP contribution in [-0.4, -0.2) is 19.5 Å². The van der Waals surface area contributed by atoms with Gasteiger partial charge in [-0.05, 0) is 36.5 Å². The number of nitrogens with zero attached hydrogens (tertiary/aromatic N) is 4. The molecule has 0 radical (unpaired) electrons. The third kappa shape index (κ3) is 3.60. The van der Waals surface area contributed by atoms with E-state index < -0.39 is 0 Å². The van der Waals surface area contributed by atoms with Gasteiger partial charge in [-0.25, -0.2) is 15.0 Å². The van der Waals surface area contributed by atoms with Crippen molar-refractivity contribution in [1.29, 1.82) is 0 Å². The zero-order chi connectivity index (χ0) is 19.6. The van der Waals surface area contributed by atoms with E-state index in [2.05, 4.69) is 68.4 Å². The Balaban J connectivity index is 1.36. The maximum absolute atomic E-state index is 4.69. The van der Waals surface area contributed by atoms with Crippen LogP contribution in [0.25, 0.3) is 22.3 Å². The van der Waals surface area contributed by atoms with Crippen LogP contribution in [0.5, 0.6) is 0 Å². The molecule has 0 saturated heterocycles. The summed E-state index contributed by atoms with van der Waals surface area (Å²) in [6, 6.07) is 19.6. The molecular formula is C24H25N5. The lowest BCUT2D eigenvalue weighted by Crippen LogP contribution is -2.07. The molecule has 2 aromatic heterocycles. The lowest BCUT2D eigenvalue weighted by atomic mass is 10.0. The summed E-state index contributed by atoms with van der Waals surface area (Å²) in [6.45, 7) is 2.65. The number of nitrogens with one attached hydrogen (secondary N) is 1. The van der Waals surface area contributed by atoms with Crippen molar-refractivity contribution in [2.75, 3.05) is 5.32 Å². The molecule has 1 fully saturated rings. The summed E-state index contributed by atoms with van der Waals surface area (Å²) < 4.78 is 2.25. The van der Waals surface area contributed by atoms with Crippen LogP contribution in [0.1, 0.15) is 43.1 Å². The van der Waals surface area contributed by atoms with Crippen molar-refractivity contribution in [3.63, 3.8) is 0 Å². The lowest BCUT2D eigenvalue weighted by molar-refractivity contribution is 0.528. The molecule has 2 heterocycles. The predicted octanol–water partition coefficient (Wildman–Crippen LogP) is 5.53. The zero-order valence-corrected chi connectivity index (χ0v) is 16.7. The van der Waals surface area contributed by atoms with Crippen LogP contribution in [-0.2, 0) is 6.54 Å². The van der Waals surface area contributed by atoms with E-state index in [4.69, 9.17) is 4.98 Å². The van der Waals surface area contributed by atoms with Crippen LogP contribution in [0.15, 0.2) is 60.9 Å². The highest BCUT2D eigenvalue weighted by Gasteiger charge is 2.21. The molecule has 146 valence electrons. The Morgan fingerprint density at radius 2 is 1.66 bits per heavy atom. The van der Waals surface area contributed by atoms with Crippen molar-refractivity contribution < 1.29 is 0 Å². The monoisotopic (exact) mass is 383 g/mol. The van der Waals surface area contributed by atoms with E-state index in [9.17, 15) is 0 Å². The first kappa shape index (κ1) is 17.9. The van der Waals surface area contributed by atoms with Gasteiger partial charge in [0.2, 0.25) is 0 Å². The van der Waals surface area contributed by atoms with Gasteiger partial charge in [0, 0.05) is 12.6 Å². The number of aromatic nitrogens is 4. The fraction of sp³-hybridized carbons (Fsp3) is 0.292. The Morgan fingerprint density at radius 1 is 0.931 bits per heavy atom. The number of anilines is 1. The van der Waals surface area contributed by atoms with Gasteiger partial charge in [-0.1, -0.05) is 67.4 Å². The van der Waals surface area contributed by atoms with Gasteiger partial charge in [0.15, 0.2) is 11.5 Å².